The molecule has 0 aliphatic carbocycles. The van der Waals surface area contributed by atoms with Crippen LogP contribution in [0.25, 0.3) is 0 Å². The normalized spacial score (nSPS) is 12.0. The lowest BCUT2D eigenvalue weighted by molar-refractivity contribution is 0.327. The van der Waals surface area contributed by atoms with Gasteiger partial charge in [-0.25, -0.2) is 4.68 Å². The van der Waals surface area contributed by atoms with Crippen molar-refractivity contribution in [2.24, 2.45) is 5.41 Å². The Kier molecular flexibility index (Phi) is 2.13. The van der Waals surface area contributed by atoms with Gasteiger partial charge in [0.15, 0.2) is 0 Å². The van der Waals surface area contributed by atoms with Gasteiger partial charge >= 0.3 is 0 Å². The Morgan fingerprint density at radius 1 is 1.50 bits per heavy atom. The van der Waals surface area contributed by atoms with Crippen LogP contribution in [0.5, 0.6) is 0 Å². The van der Waals surface area contributed by atoms with Gasteiger partial charge < -0.3 is 5.73 Å². The molecule has 0 saturated heterocycles. The van der Waals surface area contributed by atoms with E-state index in [0.717, 1.165) is 18.1 Å². The molecule has 0 fully saturated rings. The molecule has 12 heavy (non-hydrogen) atoms. The molecule has 3 nitrogen and oxygen atoms in total. The van der Waals surface area contributed by atoms with Gasteiger partial charge in [0.25, 0.3) is 0 Å². The Labute approximate surface area is 73.6 Å². The molecular weight excluding hydrogens is 150 g/mol. The van der Waals surface area contributed by atoms with Crippen LogP contribution in [0.3, 0.4) is 0 Å². The standard InChI is InChI=1S/C9H17N3/c1-7-5-8(10)12(11-7)6-9(2,3)4/h5H,6,10H2,1-4H3. The van der Waals surface area contributed by atoms with E-state index in [0.29, 0.717) is 0 Å². The number of nitrogens with two attached hydrogens (primary N) is 1. The molecule has 1 rings (SSSR count). The zero-order chi connectivity index (χ0) is 9.35. The maximum Gasteiger partial charge on any atom is 0.121 e. The van der Waals surface area contributed by atoms with Crippen LogP contribution >= 0.6 is 0 Å². The second-order valence-electron chi connectivity index (χ2n) is 4.43. The third kappa shape index (κ3) is 2.26. The van der Waals surface area contributed by atoms with E-state index < -0.39 is 0 Å². The number of hydrogen-bond donors (Lipinski definition) is 1. The molecule has 0 spiro atoms. The zero-order valence-electron chi connectivity index (χ0n) is 8.26. The van der Waals surface area contributed by atoms with Crippen molar-refractivity contribution >= 4 is 5.82 Å². The topological polar surface area (TPSA) is 43.8 Å². The summed E-state index contributed by atoms with van der Waals surface area (Å²) >= 11 is 0. The zero-order valence-corrected chi connectivity index (χ0v) is 8.26. The fraction of sp³-hybridized carbons (Fsp3) is 0.667. The van der Waals surface area contributed by atoms with Gasteiger partial charge in [-0.05, 0) is 12.3 Å². The van der Waals surface area contributed by atoms with Crippen molar-refractivity contribution < 1.29 is 0 Å². The van der Waals surface area contributed by atoms with Crippen molar-refractivity contribution in [3.63, 3.8) is 0 Å². The van der Waals surface area contributed by atoms with Gasteiger partial charge in [-0.15, -0.1) is 0 Å². The monoisotopic (exact) mass is 167 g/mol. The van der Waals surface area contributed by atoms with Crippen molar-refractivity contribution in [2.45, 2.75) is 34.2 Å². The first kappa shape index (κ1) is 9.10. The van der Waals surface area contributed by atoms with E-state index in [9.17, 15) is 0 Å². The minimum absolute atomic E-state index is 0.229. The lowest BCUT2D eigenvalue weighted by Crippen LogP contribution is -2.17. The van der Waals surface area contributed by atoms with E-state index in [1.54, 1.807) is 0 Å². The predicted molar refractivity (Wildman–Crippen MR) is 50.8 cm³/mol. The van der Waals surface area contributed by atoms with E-state index in [-0.39, 0.29) is 5.41 Å². The molecule has 0 aromatic carbocycles. The lowest BCUT2D eigenvalue weighted by Gasteiger charge is -2.18. The van der Waals surface area contributed by atoms with Crippen LogP contribution in [0, 0.1) is 12.3 Å². The average Bonchev–Trinajstić information content (AvgIpc) is 2.06. The summed E-state index contributed by atoms with van der Waals surface area (Å²) in [6, 6.07) is 1.89. The summed E-state index contributed by atoms with van der Waals surface area (Å²) in [5, 5.41) is 4.29. The third-order valence-electron chi connectivity index (χ3n) is 1.56. The van der Waals surface area contributed by atoms with Crippen LogP contribution in [0.2, 0.25) is 0 Å². The second kappa shape index (κ2) is 2.81. The van der Waals surface area contributed by atoms with Crippen molar-refractivity contribution in [1.29, 1.82) is 0 Å². The number of hydrogen-bond acceptors (Lipinski definition) is 2. The smallest absolute Gasteiger partial charge is 0.121 e. The van der Waals surface area contributed by atoms with E-state index in [4.69, 9.17) is 5.73 Å². The molecule has 0 radical (unpaired) electrons. The van der Waals surface area contributed by atoms with Crippen LogP contribution in [0.15, 0.2) is 6.07 Å². The molecule has 1 heterocycles. The van der Waals surface area contributed by atoms with Crippen LogP contribution in [-0.4, -0.2) is 9.78 Å². The lowest BCUT2D eigenvalue weighted by atomic mass is 9.97. The Morgan fingerprint density at radius 2 is 2.08 bits per heavy atom. The molecule has 1 aromatic rings. The van der Waals surface area contributed by atoms with Gasteiger partial charge in [-0.1, -0.05) is 20.8 Å². The number of aryl methyl sites for hydroxylation is 1. The molecule has 0 amide bonds. The Bertz CT molecular complexity index is 268. The predicted octanol–water partition coefficient (Wildman–Crippen LogP) is 1.82. The molecule has 68 valence electrons. The number of rotatable bonds is 1. The van der Waals surface area contributed by atoms with Crippen LogP contribution in [0.4, 0.5) is 5.82 Å². The number of nitrogens with zero attached hydrogens (tertiary/aromatic N) is 2. The van der Waals surface area contributed by atoms with Crippen LogP contribution in [0.1, 0.15) is 26.5 Å². The van der Waals surface area contributed by atoms with Crippen molar-refractivity contribution in [3.05, 3.63) is 11.8 Å². The Hall–Kier alpha value is -0.990. The Balaban J connectivity index is 2.82. The molecule has 0 saturated carbocycles. The molecule has 1 aromatic heterocycles. The molecule has 2 N–H and O–H groups in total. The van der Waals surface area contributed by atoms with E-state index in [1.165, 1.54) is 0 Å². The van der Waals surface area contributed by atoms with E-state index >= 15 is 0 Å². The van der Waals surface area contributed by atoms with Gasteiger partial charge in [0.05, 0.1) is 5.69 Å². The summed E-state index contributed by atoms with van der Waals surface area (Å²) in [5.74, 6) is 0.752. The summed E-state index contributed by atoms with van der Waals surface area (Å²) in [5.41, 5.74) is 6.96. The average molecular weight is 167 g/mol. The highest BCUT2D eigenvalue weighted by Crippen LogP contribution is 2.18. The van der Waals surface area contributed by atoms with Gasteiger partial charge in [-0.2, -0.15) is 5.10 Å². The van der Waals surface area contributed by atoms with Crippen molar-refractivity contribution in [3.8, 4) is 0 Å². The fourth-order valence-corrected chi connectivity index (χ4v) is 1.14. The molecule has 0 unspecified atom stereocenters. The van der Waals surface area contributed by atoms with Gasteiger partial charge in [-0.3, -0.25) is 0 Å². The van der Waals surface area contributed by atoms with Gasteiger partial charge in [0.1, 0.15) is 5.82 Å². The molecule has 0 atom stereocenters. The van der Waals surface area contributed by atoms with Gasteiger partial charge in [0.2, 0.25) is 0 Å². The largest absolute Gasteiger partial charge is 0.384 e. The fourth-order valence-electron chi connectivity index (χ4n) is 1.14. The summed E-state index contributed by atoms with van der Waals surface area (Å²) in [6.45, 7) is 9.33. The first-order valence-electron chi connectivity index (χ1n) is 4.18. The first-order valence-corrected chi connectivity index (χ1v) is 4.18. The van der Waals surface area contributed by atoms with Crippen LogP contribution in [-0.2, 0) is 6.54 Å². The maximum absolute atomic E-state index is 5.75. The quantitative estimate of drug-likeness (QED) is 0.693. The van der Waals surface area contributed by atoms with E-state index in [1.807, 2.05) is 17.7 Å². The third-order valence-corrected chi connectivity index (χ3v) is 1.56. The summed E-state index contributed by atoms with van der Waals surface area (Å²) in [6.07, 6.45) is 0. The molecule has 0 bridgehead atoms. The van der Waals surface area contributed by atoms with Crippen molar-refractivity contribution in [2.75, 3.05) is 5.73 Å². The molecule has 3 heteroatoms. The number of nitrogen functional groups attached to an aromatic ring is 1. The molecular formula is C9H17N3. The summed E-state index contributed by atoms with van der Waals surface area (Å²) in [7, 11) is 0. The van der Waals surface area contributed by atoms with Crippen molar-refractivity contribution in [1.82, 2.24) is 9.78 Å². The molecule has 0 aliphatic heterocycles. The highest BCUT2D eigenvalue weighted by Gasteiger charge is 2.13. The SMILES string of the molecule is Cc1cc(N)n(CC(C)(C)C)n1. The summed E-state index contributed by atoms with van der Waals surface area (Å²) in [4.78, 5) is 0. The highest BCUT2D eigenvalue weighted by atomic mass is 15.3. The highest BCUT2D eigenvalue weighted by molar-refractivity contribution is 5.30. The second-order valence-corrected chi connectivity index (χ2v) is 4.43. The minimum atomic E-state index is 0.229. The van der Waals surface area contributed by atoms with Crippen LogP contribution < -0.4 is 5.73 Å². The first-order chi connectivity index (χ1) is 5.38. The molecule has 0 aliphatic rings. The van der Waals surface area contributed by atoms with E-state index in [2.05, 4.69) is 25.9 Å². The maximum atomic E-state index is 5.75. The summed E-state index contributed by atoms with van der Waals surface area (Å²) < 4.78 is 1.86. The number of aromatic nitrogens is 2. The Morgan fingerprint density at radius 3 is 2.42 bits per heavy atom. The number of anilines is 1. The van der Waals surface area contributed by atoms with Gasteiger partial charge in [0, 0.05) is 12.6 Å². The minimum Gasteiger partial charge on any atom is -0.384 e.